The van der Waals surface area contributed by atoms with Crippen molar-refractivity contribution in [2.75, 3.05) is 4.90 Å². The lowest BCUT2D eigenvalue weighted by Crippen LogP contribution is -2.16. The Hall–Kier alpha value is -6.12. The fraction of sp³-hybridized carbons (Fsp3) is 0.102. The maximum Gasteiger partial charge on any atom is 0.143 e. The van der Waals surface area contributed by atoms with Crippen molar-refractivity contribution in [3.63, 3.8) is 0 Å². The Morgan fingerprint density at radius 1 is 0.569 bits per heavy atom. The van der Waals surface area contributed by atoms with Crippen LogP contribution in [0.4, 0.5) is 17.1 Å². The van der Waals surface area contributed by atoms with Gasteiger partial charge < -0.3 is 9.32 Å². The predicted octanol–water partition coefficient (Wildman–Crippen LogP) is 13.9. The molecule has 0 radical (unpaired) electrons. The molecule has 2 aliphatic carbocycles. The van der Waals surface area contributed by atoms with E-state index in [0.717, 1.165) is 57.6 Å². The number of anilines is 3. The number of fused-ring (bicyclic) bond motifs is 8. The Morgan fingerprint density at radius 2 is 1.31 bits per heavy atom. The van der Waals surface area contributed by atoms with E-state index in [1.807, 2.05) is 0 Å². The first-order valence-corrected chi connectivity index (χ1v) is 18.0. The lowest BCUT2D eigenvalue weighted by molar-refractivity contribution is 0.660. The second-order valence-electron chi connectivity index (χ2n) is 14.4. The number of para-hydroxylation sites is 1. The molecule has 0 atom stereocenters. The second kappa shape index (κ2) is 11.5. The number of hydrogen-bond donors (Lipinski definition) is 0. The standard InChI is InChI=1S/C49H37NO/c1-49(2)44-21-9-8-18-41(44)42-28-27-38(31-45(42)49)50(37-16-10-15-35(30-37)32-12-4-3-5-13-32)36-25-22-34(23-26-36)40-19-11-20-43-47-39-17-7-6-14-33(39)24-29-46(47)51-48(40)43/h3-4,6-12,14-31H,5,13H2,1-2H3. The quantitative estimate of drug-likeness (QED) is 0.183. The molecule has 7 aromatic carbocycles. The molecule has 0 bridgehead atoms. The van der Waals surface area contributed by atoms with Crippen molar-refractivity contribution >= 4 is 55.3 Å². The van der Waals surface area contributed by atoms with Crippen LogP contribution >= 0.6 is 0 Å². The summed E-state index contributed by atoms with van der Waals surface area (Å²) in [6, 6.07) is 53.3. The van der Waals surface area contributed by atoms with E-state index in [1.54, 1.807) is 0 Å². The molecule has 0 spiro atoms. The highest BCUT2D eigenvalue weighted by Crippen LogP contribution is 2.51. The molecule has 10 rings (SSSR count). The van der Waals surface area contributed by atoms with Crippen molar-refractivity contribution in [3.05, 3.63) is 181 Å². The van der Waals surface area contributed by atoms with Crippen LogP contribution in [0.25, 0.3) is 60.5 Å². The summed E-state index contributed by atoms with van der Waals surface area (Å²) in [4.78, 5) is 2.42. The summed E-state index contributed by atoms with van der Waals surface area (Å²) in [5, 5.41) is 4.77. The highest BCUT2D eigenvalue weighted by Gasteiger charge is 2.35. The Bertz CT molecular complexity index is 2720. The average Bonchev–Trinajstić information content (AvgIpc) is 3.68. The van der Waals surface area contributed by atoms with Gasteiger partial charge in [-0.3, -0.25) is 0 Å². The second-order valence-corrected chi connectivity index (χ2v) is 14.4. The molecule has 51 heavy (non-hydrogen) atoms. The first kappa shape index (κ1) is 29.8. The summed E-state index contributed by atoms with van der Waals surface area (Å²) in [5.41, 5.74) is 15.5. The summed E-state index contributed by atoms with van der Waals surface area (Å²) < 4.78 is 6.60. The van der Waals surface area contributed by atoms with Crippen molar-refractivity contribution in [3.8, 4) is 22.3 Å². The lowest BCUT2D eigenvalue weighted by atomic mass is 9.82. The number of furan rings is 1. The van der Waals surface area contributed by atoms with Crippen LogP contribution < -0.4 is 4.90 Å². The molecular weight excluding hydrogens is 619 g/mol. The minimum absolute atomic E-state index is 0.0881. The van der Waals surface area contributed by atoms with Gasteiger partial charge in [-0.2, -0.15) is 0 Å². The van der Waals surface area contributed by atoms with Gasteiger partial charge in [-0.05, 0) is 105 Å². The number of nitrogens with zero attached hydrogens (tertiary/aromatic N) is 1. The lowest BCUT2D eigenvalue weighted by Gasteiger charge is -2.29. The molecule has 0 saturated heterocycles. The van der Waals surface area contributed by atoms with Crippen LogP contribution in [0, 0.1) is 0 Å². The molecule has 0 aliphatic heterocycles. The van der Waals surface area contributed by atoms with Gasteiger partial charge in [-0.1, -0.05) is 135 Å². The summed E-state index contributed by atoms with van der Waals surface area (Å²) in [6.07, 6.45) is 8.84. The third-order valence-corrected chi connectivity index (χ3v) is 11.1. The van der Waals surface area contributed by atoms with E-state index in [0.29, 0.717) is 0 Å². The molecule has 0 unspecified atom stereocenters. The highest BCUT2D eigenvalue weighted by molar-refractivity contribution is 6.20. The van der Waals surface area contributed by atoms with Crippen LogP contribution in [0.5, 0.6) is 0 Å². The molecule has 244 valence electrons. The van der Waals surface area contributed by atoms with Crippen LogP contribution in [0.15, 0.2) is 168 Å². The molecular formula is C49H37NO. The van der Waals surface area contributed by atoms with Crippen LogP contribution in [0.1, 0.15) is 43.4 Å². The average molecular weight is 656 g/mol. The Balaban J connectivity index is 1.11. The number of allylic oxidation sites excluding steroid dienone is 4. The third-order valence-electron chi connectivity index (χ3n) is 11.1. The third kappa shape index (κ3) is 4.71. The minimum atomic E-state index is -0.0881. The smallest absolute Gasteiger partial charge is 0.143 e. The van der Waals surface area contributed by atoms with E-state index >= 15 is 0 Å². The first-order valence-electron chi connectivity index (χ1n) is 18.0. The Labute approximate surface area is 298 Å². The zero-order valence-corrected chi connectivity index (χ0v) is 28.9. The van der Waals surface area contributed by atoms with Gasteiger partial charge in [0.25, 0.3) is 0 Å². The van der Waals surface area contributed by atoms with Crippen molar-refractivity contribution in [1.29, 1.82) is 0 Å². The van der Waals surface area contributed by atoms with E-state index in [-0.39, 0.29) is 5.41 Å². The highest BCUT2D eigenvalue weighted by atomic mass is 16.3. The summed E-state index contributed by atoms with van der Waals surface area (Å²) in [7, 11) is 0. The normalized spacial score (nSPS) is 14.5. The van der Waals surface area contributed by atoms with Crippen LogP contribution in [-0.2, 0) is 5.41 Å². The van der Waals surface area contributed by atoms with Crippen molar-refractivity contribution in [2.45, 2.75) is 32.1 Å². The van der Waals surface area contributed by atoms with Crippen LogP contribution in [-0.4, -0.2) is 0 Å². The Kier molecular flexibility index (Phi) is 6.69. The fourth-order valence-corrected chi connectivity index (χ4v) is 8.55. The molecule has 0 N–H and O–H groups in total. The van der Waals surface area contributed by atoms with Crippen molar-refractivity contribution in [1.82, 2.24) is 0 Å². The molecule has 1 heterocycles. The molecule has 8 aromatic rings. The van der Waals surface area contributed by atoms with Gasteiger partial charge in [0.2, 0.25) is 0 Å². The first-order chi connectivity index (χ1) is 25.0. The predicted molar refractivity (Wildman–Crippen MR) is 215 cm³/mol. The zero-order valence-electron chi connectivity index (χ0n) is 28.9. The number of rotatable bonds is 5. The van der Waals surface area contributed by atoms with E-state index in [1.165, 1.54) is 49.5 Å². The van der Waals surface area contributed by atoms with E-state index in [9.17, 15) is 0 Å². The van der Waals surface area contributed by atoms with Crippen LogP contribution in [0.2, 0.25) is 0 Å². The molecule has 0 fully saturated rings. The number of benzene rings is 7. The molecule has 2 aliphatic rings. The monoisotopic (exact) mass is 655 g/mol. The van der Waals surface area contributed by atoms with Gasteiger partial charge in [0, 0.05) is 38.8 Å². The maximum absolute atomic E-state index is 6.60. The topological polar surface area (TPSA) is 16.4 Å². The van der Waals surface area contributed by atoms with Gasteiger partial charge in [-0.15, -0.1) is 0 Å². The van der Waals surface area contributed by atoms with E-state index in [2.05, 4.69) is 183 Å². The number of hydrogen-bond acceptors (Lipinski definition) is 2. The largest absolute Gasteiger partial charge is 0.455 e. The van der Waals surface area contributed by atoms with Gasteiger partial charge in [0.15, 0.2) is 0 Å². The maximum atomic E-state index is 6.60. The summed E-state index contributed by atoms with van der Waals surface area (Å²) in [6.45, 7) is 4.71. The Morgan fingerprint density at radius 3 is 2.20 bits per heavy atom. The summed E-state index contributed by atoms with van der Waals surface area (Å²) in [5.74, 6) is 0. The van der Waals surface area contributed by atoms with Crippen molar-refractivity contribution < 1.29 is 4.42 Å². The zero-order chi connectivity index (χ0) is 34.1. The molecule has 2 heteroatoms. The fourth-order valence-electron chi connectivity index (χ4n) is 8.55. The van der Waals surface area contributed by atoms with Crippen molar-refractivity contribution in [2.24, 2.45) is 0 Å². The van der Waals surface area contributed by atoms with E-state index in [4.69, 9.17) is 4.42 Å². The molecule has 1 aromatic heterocycles. The van der Waals surface area contributed by atoms with Gasteiger partial charge in [0.1, 0.15) is 11.2 Å². The molecule has 2 nitrogen and oxygen atoms in total. The van der Waals surface area contributed by atoms with Gasteiger partial charge in [0.05, 0.1) is 0 Å². The minimum Gasteiger partial charge on any atom is -0.455 e. The molecule has 0 amide bonds. The SMILES string of the molecule is CC1(C)c2ccccc2-c2ccc(N(c3ccc(-c4cccc5c4oc4ccc6ccccc6c45)cc3)c3cccc(C4=CC=CCC4)c3)cc21. The van der Waals surface area contributed by atoms with E-state index < -0.39 is 0 Å². The molecule has 0 saturated carbocycles. The summed E-state index contributed by atoms with van der Waals surface area (Å²) >= 11 is 0. The van der Waals surface area contributed by atoms with Gasteiger partial charge in [-0.25, -0.2) is 0 Å². The van der Waals surface area contributed by atoms with Crippen LogP contribution in [0.3, 0.4) is 0 Å². The van der Waals surface area contributed by atoms with Gasteiger partial charge >= 0.3 is 0 Å².